The fourth-order valence-corrected chi connectivity index (χ4v) is 2.42. The summed E-state index contributed by atoms with van der Waals surface area (Å²) in [7, 11) is 0. The summed E-state index contributed by atoms with van der Waals surface area (Å²) in [6, 6.07) is 4.51. The molecule has 104 valence electrons. The Labute approximate surface area is 117 Å². The average molecular weight is 286 g/mol. The molecule has 0 radical (unpaired) electrons. The quantitative estimate of drug-likeness (QED) is 0.786. The van der Waals surface area contributed by atoms with Gasteiger partial charge in [-0.05, 0) is 37.1 Å². The first-order chi connectivity index (χ1) is 8.50. The first kappa shape index (κ1) is 15.5. The summed E-state index contributed by atoms with van der Waals surface area (Å²) >= 11 is 0. The highest BCUT2D eigenvalue weighted by atomic mass is 35.5. The molecule has 1 aromatic carbocycles. The molecule has 6 heteroatoms. The number of aryl methyl sites for hydroxylation is 1. The second-order valence-electron chi connectivity index (χ2n) is 4.54. The lowest BCUT2D eigenvalue weighted by molar-refractivity contribution is -0.139. The Balaban J connectivity index is 0.00000180. The van der Waals surface area contributed by atoms with Crippen LogP contribution >= 0.6 is 12.4 Å². The number of halogens is 1. The van der Waals surface area contributed by atoms with Gasteiger partial charge in [-0.3, -0.25) is 4.79 Å². The van der Waals surface area contributed by atoms with Crippen LogP contribution in [-0.4, -0.2) is 34.7 Å². The van der Waals surface area contributed by atoms with Crippen molar-refractivity contribution < 1.29 is 19.8 Å². The fraction of sp³-hybridized carbons (Fsp3) is 0.385. The molecule has 1 aliphatic heterocycles. The SMILES string of the molecule is Cc1ccc([C@H]2CCN[C@@H]2C(=O)O)cc1C(=O)O.Cl. The number of carboxylic acid groups (broad SMARTS) is 2. The average Bonchev–Trinajstić information content (AvgIpc) is 2.78. The molecular formula is C13H16ClNO4. The third-order valence-electron chi connectivity index (χ3n) is 3.41. The van der Waals surface area contributed by atoms with Crippen LogP contribution in [0, 0.1) is 6.92 Å². The molecule has 0 aliphatic carbocycles. The zero-order valence-corrected chi connectivity index (χ0v) is 11.2. The molecule has 2 rings (SSSR count). The molecular weight excluding hydrogens is 270 g/mol. The first-order valence-corrected chi connectivity index (χ1v) is 5.80. The van der Waals surface area contributed by atoms with Crippen molar-refractivity contribution in [1.29, 1.82) is 0 Å². The molecule has 1 heterocycles. The van der Waals surface area contributed by atoms with Crippen LogP contribution in [-0.2, 0) is 4.79 Å². The Morgan fingerprint density at radius 1 is 1.32 bits per heavy atom. The van der Waals surface area contributed by atoms with Gasteiger partial charge in [-0.2, -0.15) is 0 Å². The molecule has 0 amide bonds. The van der Waals surface area contributed by atoms with Gasteiger partial charge in [0, 0.05) is 5.92 Å². The third-order valence-corrected chi connectivity index (χ3v) is 3.41. The lowest BCUT2D eigenvalue weighted by atomic mass is 9.89. The largest absolute Gasteiger partial charge is 0.480 e. The van der Waals surface area contributed by atoms with Gasteiger partial charge in [0.15, 0.2) is 0 Å². The Morgan fingerprint density at radius 3 is 2.58 bits per heavy atom. The number of rotatable bonds is 3. The minimum absolute atomic E-state index is 0. The molecule has 0 bridgehead atoms. The lowest BCUT2D eigenvalue weighted by Gasteiger charge is -2.16. The molecule has 19 heavy (non-hydrogen) atoms. The molecule has 3 N–H and O–H groups in total. The van der Waals surface area contributed by atoms with Crippen molar-refractivity contribution >= 4 is 24.3 Å². The number of carboxylic acids is 2. The van der Waals surface area contributed by atoms with Crippen molar-refractivity contribution in [3.8, 4) is 0 Å². The highest BCUT2D eigenvalue weighted by molar-refractivity contribution is 5.89. The Hall–Kier alpha value is -1.59. The summed E-state index contributed by atoms with van der Waals surface area (Å²) in [5.74, 6) is -2.04. The maximum Gasteiger partial charge on any atom is 0.335 e. The van der Waals surface area contributed by atoms with E-state index in [-0.39, 0.29) is 23.9 Å². The zero-order chi connectivity index (χ0) is 13.3. The smallest absolute Gasteiger partial charge is 0.335 e. The molecule has 1 aromatic rings. The Bertz CT molecular complexity index is 503. The molecule has 5 nitrogen and oxygen atoms in total. The van der Waals surface area contributed by atoms with Crippen molar-refractivity contribution in [3.05, 3.63) is 34.9 Å². The molecule has 0 aromatic heterocycles. The second-order valence-corrected chi connectivity index (χ2v) is 4.54. The molecule has 1 aliphatic rings. The van der Waals surface area contributed by atoms with E-state index in [1.165, 1.54) is 0 Å². The summed E-state index contributed by atoms with van der Waals surface area (Å²) < 4.78 is 0. The number of carbonyl (C=O) groups is 2. The Morgan fingerprint density at radius 2 is 2.00 bits per heavy atom. The van der Waals surface area contributed by atoms with E-state index in [1.807, 2.05) is 6.07 Å². The normalized spacial score (nSPS) is 21.7. The number of benzene rings is 1. The van der Waals surface area contributed by atoms with Crippen molar-refractivity contribution in [2.45, 2.75) is 25.3 Å². The summed E-state index contributed by atoms with van der Waals surface area (Å²) in [6.45, 7) is 2.37. The van der Waals surface area contributed by atoms with E-state index in [9.17, 15) is 9.59 Å². The highest BCUT2D eigenvalue weighted by Crippen LogP contribution is 2.29. The topological polar surface area (TPSA) is 86.6 Å². The van der Waals surface area contributed by atoms with Gasteiger partial charge in [0.2, 0.25) is 0 Å². The van der Waals surface area contributed by atoms with Gasteiger partial charge in [0.05, 0.1) is 5.56 Å². The summed E-state index contributed by atoms with van der Waals surface area (Å²) in [6.07, 6.45) is 0.707. The standard InChI is InChI=1S/C13H15NO4.ClH/c1-7-2-3-8(6-10(7)12(15)16)9-4-5-14-11(9)13(17)18;/h2-3,6,9,11,14H,4-5H2,1H3,(H,15,16)(H,17,18);1H/t9-,11+;/m1./s1. The van der Waals surface area contributed by atoms with Crippen molar-refractivity contribution in [3.63, 3.8) is 0 Å². The van der Waals surface area contributed by atoms with Crippen molar-refractivity contribution in [1.82, 2.24) is 5.32 Å². The third kappa shape index (κ3) is 3.05. The maximum absolute atomic E-state index is 11.1. The summed E-state index contributed by atoms with van der Waals surface area (Å²) in [5.41, 5.74) is 1.70. The van der Waals surface area contributed by atoms with E-state index in [0.29, 0.717) is 18.5 Å². The van der Waals surface area contributed by atoms with E-state index < -0.39 is 18.0 Å². The predicted octanol–water partition coefficient (Wildman–Crippen LogP) is 1.65. The summed E-state index contributed by atoms with van der Waals surface area (Å²) in [5, 5.41) is 21.1. The van der Waals surface area contributed by atoms with Crippen LogP contribution in [0.2, 0.25) is 0 Å². The monoisotopic (exact) mass is 285 g/mol. The maximum atomic E-state index is 11.1. The number of aliphatic carboxylic acids is 1. The highest BCUT2D eigenvalue weighted by Gasteiger charge is 2.33. The first-order valence-electron chi connectivity index (χ1n) is 5.80. The fourth-order valence-electron chi connectivity index (χ4n) is 2.42. The van der Waals surface area contributed by atoms with Gasteiger partial charge < -0.3 is 15.5 Å². The van der Waals surface area contributed by atoms with Gasteiger partial charge >= 0.3 is 11.9 Å². The van der Waals surface area contributed by atoms with Crippen LogP contribution < -0.4 is 5.32 Å². The molecule has 0 unspecified atom stereocenters. The minimum atomic E-state index is -0.979. The zero-order valence-electron chi connectivity index (χ0n) is 10.4. The van der Waals surface area contributed by atoms with Crippen LogP contribution in [0.1, 0.15) is 33.8 Å². The van der Waals surface area contributed by atoms with E-state index in [0.717, 1.165) is 5.56 Å². The predicted molar refractivity (Wildman–Crippen MR) is 72.2 cm³/mol. The van der Waals surface area contributed by atoms with Gasteiger partial charge in [-0.1, -0.05) is 12.1 Å². The van der Waals surface area contributed by atoms with Crippen LogP contribution in [0.25, 0.3) is 0 Å². The molecule has 1 fully saturated rings. The number of aromatic carboxylic acids is 1. The number of hydrogen-bond acceptors (Lipinski definition) is 3. The van der Waals surface area contributed by atoms with E-state index in [4.69, 9.17) is 10.2 Å². The van der Waals surface area contributed by atoms with Gasteiger partial charge in [-0.25, -0.2) is 4.79 Å². The van der Waals surface area contributed by atoms with Crippen LogP contribution in [0.4, 0.5) is 0 Å². The van der Waals surface area contributed by atoms with Crippen molar-refractivity contribution in [2.24, 2.45) is 0 Å². The minimum Gasteiger partial charge on any atom is -0.480 e. The molecule has 2 atom stereocenters. The number of hydrogen-bond donors (Lipinski definition) is 3. The summed E-state index contributed by atoms with van der Waals surface area (Å²) in [4.78, 5) is 22.2. The van der Waals surface area contributed by atoms with E-state index in [2.05, 4.69) is 5.32 Å². The molecule has 1 saturated heterocycles. The van der Waals surface area contributed by atoms with Crippen LogP contribution in [0.15, 0.2) is 18.2 Å². The van der Waals surface area contributed by atoms with Crippen molar-refractivity contribution in [2.75, 3.05) is 6.54 Å². The Kier molecular flexibility index (Phi) is 4.91. The number of nitrogens with one attached hydrogen (secondary N) is 1. The van der Waals surface area contributed by atoms with Gasteiger partial charge in [-0.15, -0.1) is 12.4 Å². The second kappa shape index (κ2) is 6.04. The van der Waals surface area contributed by atoms with Gasteiger partial charge in [0.1, 0.15) is 6.04 Å². The van der Waals surface area contributed by atoms with E-state index in [1.54, 1.807) is 19.1 Å². The van der Waals surface area contributed by atoms with Gasteiger partial charge in [0.25, 0.3) is 0 Å². The molecule has 0 saturated carbocycles. The molecule has 0 spiro atoms. The van der Waals surface area contributed by atoms with Crippen LogP contribution in [0.5, 0.6) is 0 Å². The van der Waals surface area contributed by atoms with E-state index >= 15 is 0 Å². The lowest BCUT2D eigenvalue weighted by Crippen LogP contribution is -2.34. The van der Waals surface area contributed by atoms with Crippen LogP contribution in [0.3, 0.4) is 0 Å².